The maximum atomic E-state index is 14.3. The lowest BCUT2D eigenvalue weighted by Crippen LogP contribution is -2.36. The number of esters is 1. The number of rotatable bonds is 7. The van der Waals surface area contributed by atoms with Crippen molar-refractivity contribution in [3.8, 4) is 5.75 Å². The van der Waals surface area contributed by atoms with Crippen LogP contribution in [0.3, 0.4) is 0 Å². The summed E-state index contributed by atoms with van der Waals surface area (Å²) in [6.45, 7) is 2.17. The molecule has 0 atom stereocenters. The van der Waals surface area contributed by atoms with Crippen LogP contribution in [0.2, 0.25) is 0 Å². The van der Waals surface area contributed by atoms with Crippen molar-refractivity contribution in [2.75, 3.05) is 30.7 Å². The molecule has 9 nitrogen and oxygen atoms in total. The fourth-order valence-corrected chi connectivity index (χ4v) is 7.46. The van der Waals surface area contributed by atoms with Gasteiger partial charge in [0.15, 0.2) is 0 Å². The third-order valence-electron chi connectivity index (χ3n) is 7.05. The summed E-state index contributed by atoms with van der Waals surface area (Å²) in [5.74, 6) is -0.195. The number of thioether (sulfide) groups is 1. The smallest absolute Gasteiger partial charge is 0.311 e. The van der Waals surface area contributed by atoms with E-state index in [2.05, 4.69) is 5.10 Å². The van der Waals surface area contributed by atoms with Gasteiger partial charge in [-0.15, -0.1) is 11.3 Å². The summed E-state index contributed by atoms with van der Waals surface area (Å²) in [5.41, 5.74) is 2.62. The minimum atomic E-state index is -0.500. The molecule has 4 aromatic rings. The number of thiazole rings is 1. The number of hydrazone groups is 1. The van der Waals surface area contributed by atoms with Gasteiger partial charge in [0.1, 0.15) is 20.0 Å². The van der Waals surface area contributed by atoms with Crippen molar-refractivity contribution in [3.05, 3.63) is 104 Å². The van der Waals surface area contributed by atoms with Crippen molar-refractivity contribution in [2.24, 2.45) is 5.10 Å². The van der Waals surface area contributed by atoms with Crippen LogP contribution in [0.1, 0.15) is 18.9 Å². The Morgan fingerprint density at radius 3 is 2.40 bits per heavy atom. The van der Waals surface area contributed by atoms with Gasteiger partial charge in [-0.25, -0.2) is 0 Å². The Morgan fingerprint density at radius 2 is 1.70 bits per heavy atom. The number of benzene rings is 3. The standard InChI is InChI=1S/C32H28N4O5S2/c1-4-41-26(37)18-23-27(29(38)36(33-23)21-13-9-6-10-14-21)31-35(19-20-11-7-5-8-12-20)30(39)28(43-31)32-34(2)24-17-22(40-3)15-16-25(24)42-32/h5-17H,4,18-19H2,1-3H3. The summed E-state index contributed by atoms with van der Waals surface area (Å²) >= 11 is 2.72. The first-order chi connectivity index (χ1) is 20.9. The van der Waals surface area contributed by atoms with E-state index in [-0.39, 0.29) is 36.4 Å². The molecule has 2 aliphatic heterocycles. The van der Waals surface area contributed by atoms with E-state index < -0.39 is 11.9 Å². The molecule has 0 radical (unpaired) electrons. The number of aromatic nitrogens is 1. The average molecular weight is 613 g/mol. The highest BCUT2D eigenvalue weighted by Crippen LogP contribution is 2.46. The van der Waals surface area contributed by atoms with E-state index >= 15 is 0 Å². The molecule has 0 aliphatic carbocycles. The summed E-state index contributed by atoms with van der Waals surface area (Å²) in [4.78, 5) is 44.0. The Kier molecular flexibility index (Phi) is 7.92. The van der Waals surface area contributed by atoms with E-state index in [9.17, 15) is 14.4 Å². The molecule has 0 spiro atoms. The number of carbonyl (C=O) groups is 2. The highest BCUT2D eigenvalue weighted by molar-refractivity contribution is 8.08. The van der Waals surface area contributed by atoms with Gasteiger partial charge in [-0.05, 0) is 36.8 Å². The molecule has 1 amide bonds. The molecular formula is C32H28N4O5S2. The van der Waals surface area contributed by atoms with Gasteiger partial charge >= 0.3 is 5.97 Å². The third-order valence-corrected chi connectivity index (χ3v) is 9.60. The molecule has 0 saturated carbocycles. The molecular weight excluding hydrogens is 585 g/mol. The normalized spacial score (nSPS) is 16.8. The molecule has 2 aliphatic rings. The number of ether oxygens (including phenoxy) is 2. The molecule has 6 rings (SSSR count). The van der Waals surface area contributed by atoms with E-state index in [1.165, 1.54) is 28.1 Å². The number of hydrogen-bond acceptors (Lipinski definition) is 9. The van der Waals surface area contributed by atoms with Crippen molar-refractivity contribution in [3.63, 3.8) is 0 Å². The van der Waals surface area contributed by atoms with Crippen molar-refractivity contribution >= 4 is 62.7 Å². The number of hydrogen-bond donors (Lipinski definition) is 0. The lowest BCUT2D eigenvalue weighted by Gasteiger charge is -2.13. The van der Waals surface area contributed by atoms with Crippen LogP contribution in [-0.4, -0.2) is 42.9 Å². The molecule has 0 N–H and O–H groups in total. The number of nitrogens with zero attached hydrogens (tertiary/aromatic N) is 4. The van der Waals surface area contributed by atoms with Crippen LogP contribution >= 0.6 is 23.1 Å². The van der Waals surface area contributed by atoms with Crippen LogP contribution in [0.5, 0.6) is 5.75 Å². The van der Waals surface area contributed by atoms with Crippen molar-refractivity contribution < 1.29 is 19.1 Å². The molecule has 0 bridgehead atoms. The second kappa shape index (κ2) is 11.9. The topological polar surface area (TPSA) is 93.4 Å². The van der Waals surface area contributed by atoms with Gasteiger partial charge in [0.05, 0.1) is 49.3 Å². The zero-order chi connectivity index (χ0) is 30.1. The summed E-state index contributed by atoms with van der Waals surface area (Å²) in [6.07, 6.45) is -0.207. The predicted molar refractivity (Wildman–Crippen MR) is 170 cm³/mol. The highest BCUT2D eigenvalue weighted by Gasteiger charge is 2.35. The Morgan fingerprint density at radius 1 is 0.977 bits per heavy atom. The average Bonchev–Trinajstić information content (AvgIpc) is 3.63. The van der Waals surface area contributed by atoms with Crippen LogP contribution in [0, 0.1) is 0 Å². The van der Waals surface area contributed by atoms with Gasteiger partial charge in [-0.3, -0.25) is 19.0 Å². The number of amides is 1. The van der Waals surface area contributed by atoms with Crippen molar-refractivity contribution in [1.82, 2.24) is 4.57 Å². The molecule has 218 valence electrons. The van der Waals surface area contributed by atoms with Gasteiger partial charge in [0.25, 0.3) is 11.5 Å². The molecule has 0 saturated heterocycles. The third kappa shape index (κ3) is 5.37. The van der Waals surface area contributed by atoms with E-state index in [0.29, 0.717) is 20.6 Å². The van der Waals surface area contributed by atoms with Crippen LogP contribution in [0.25, 0.3) is 10.6 Å². The Balaban J connectivity index is 1.60. The SMILES string of the molecule is CCOC(=O)CC1=NN(c2ccccc2)C(=O)C1=c1sc(=C2Sc3ccc(OC)cc3N2C)c(=O)n1Cc1ccccc1. The fraction of sp³-hybridized carbons (Fsp3) is 0.188. The fourth-order valence-electron chi connectivity index (χ4n) is 4.97. The monoisotopic (exact) mass is 612 g/mol. The summed E-state index contributed by atoms with van der Waals surface area (Å²) < 4.78 is 13.2. The van der Waals surface area contributed by atoms with Gasteiger partial charge in [0.2, 0.25) is 0 Å². The van der Waals surface area contributed by atoms with Gasteiger partial charge < -0.3 is 14.4 Å². The molecule has 0 unspecified atom stereocenters. The van der Waals surface area contributed by atoms with E-state index in [1.807, 2.05) is 78.7 Å². The van der Waals surface area contributed by atoms with Gasteiger partial charge in [0, 0.05) is 18.0 Å². The van der Waals surface area contributed by atoms with Gasteiger partial charge in [-0.2, -0.15) is 10.1 Å². The number of fused-ring (bicyclic) bond motifs is 1. The van der Waals surface area contributed by atoms with Crippen LogP contribution in [0.15, 0.2) is 93.7 Å². The zero-order valence-corrected chi connectivity index (χ0v) is 25.4. The molecule has 11 heteroatoms. The Hall–Kier alpha value is -4.61. The first-order valence-corrected chi connectivity index (χ1v) is 15.3. The second-order valence-corrected chi connectivity index (χ2v) is 11.8. The zero-order valence-electron chi connectivity index (χ0n) is 23.8. The summed E-state index contributed by atoms with van der Waals surface area (Å²) in [5, 5.41) is 6.62. The van der Waals surface area contributed by atoms with Crippen LogP contribution in [-0.2, 0) is 20.9 Å². The lowest BCUT2D eigenvalue weighted by atomic mass is 10.1. The number of anilines is 2. The highest BCUT2D eigenvalue weighted by atomic mass is 32.2. The summed E-state index contributed by atoms with van der Waals surface area (Å²) in [7, 11) is 3.53. The van der Waals surface area contributed by atoms with Crippen LogP contribution in [0.4, 0.5) is 11.4 Å². The largest absolute Gasteiger partial charge is 0.497 e. The summed E-state index contributed by atoms with van der Waals surface area (Å²) in [6, 6.07) is 24.4. The minimum Gasteiger partial charge on any atom is -0.497 e. The molecule has 0 fully saturated rings. The number of para-hydroxylation sites is 1. The lowest BCUT2D eigenvalue weighted by molar-refractivity contribution is -0.141. The minimum absolute atomic E-state index is 0.201. The first kappa shape index (κ1) is 28.5. The number of carbonyl (C=O) groups excluding carboxylic acids is 2. The first-order valence-electron chi connectivity index (χ1n) is 13.6. The predicted octanol–water partition coefficient (Wildman–Crippen LogP) is 3.78. The second-order valence-electron chi connectivity index (χ2n) is 9.77. The number of methoxy groups -OCH3 is 1. The van der Waals surface area contributed by atoms with Crippen molar-refractivity contribution in [1.29, 1.82) is 0 Å². The van der Waals surface area contributed by atoms with Gasteiger partial charge in [-0.1, -0.05) is 60.3 Å². The quantitative estimate of drug-likeness (QED) is 0.294. The van der Waals surface area contributed by atoms with E-state index in [4.69, 9.17) is 9.47 Å². The van der Waals surface area contributed by atoms with Crippen molar-refractivity contribution in [2.45, 2.75) is 24.8 Å². The Bertz CT molecular complexity index is 1930. The Labute approximate surface area is 256 Å². The van der Waals surface area contributed by atoms with E-state index in [1.54, 1.807) is 30.7 Å². The molecule has 43 heavy (non-hydrogen) atoms. The molecule has 3 aromatic carbocycles. The maximum absolute atomic E-state index is 14.3. The molecule has 3 heterocycles. The van der Waals surface area contributed by atoms with Crippen LogP contribution < -0.4 is 29.4 Å². The maximum Gasteiger partial charge on any atom is 0.311 e. The van der Waals surface area contributed by atoms with E-state index in [0.717, 1.165) is 21.2 Å². The molecule has 1 aromatic heterocycles.